The van der Waals surface area contributed by atoms with Crippen LogP contribution in [0.1, 0.15) is 24.0 Å². The van der Waals surface area contributed by atoms with Crippen LogP contribution in [-0.2, 0) is 6.42 Å². The number of aryl methyl sites for hydroxylation is 2. The molecule has 3 N–H and O–H groups in total. The first-order valence-corrected chi connectivity index (χ1v) is 6.11. The van der Waals surface area contributed by atoms with Crippen molar-refractivity contribution in [3.8, 4) is 5.75 Å². The molecule has 0 saturated heterocycles. The van der Waals surface area contributed by atoms with Gasteiger partial charge in [-0.2, -0.15) is 0 Å². The summed E-state index contributed by atoms with van der Waals surface area (Å²) in [7, 11) is 1.72. The van der Waals surface area contributed by atoms with Gasteiger partial charge in [0.15, 0.2) is 0 Å². The predicted molar refractivity (Wildman–Crippen MR) is 71.6 cm³/mol. The van der Waals surface area contributed by atoms with Gasteiger partial charge in [0.25, 0.3) is 0 Å². The summed E-state index contributed by atoms with van der Waals surface area (Å²) in [4.78, 5) is 3.26. The molecule has 92 valence electrons. The van der Waals surface area contributed by atoms with Gasteiger partial charge >= 0.3 is 0 Å². The van der Waals surface area contributed by atoms with Crippen molar-refractivity contribution in [1.29, 1.82) is 0 Å². The largest absolute Gasteiger partial charge is 0.495 e. The smallest absolute Gasteiger partial charge is 0.143 e. The van der Waals surface area contributed by atoms with Crippen LogP contribution >= 0.6 is 0 Å². The average Bonchev–Trinajstić information content (AvgIpc) is 2.71. The quantitative estimate of drug-likeness (QED) is 0.779. The third-order valence-corrected chi connectivity index (χ3v) is 3.16. The lowest BCUT2D eigenvalue weighted by molar-refractivity contribution is 0.418. The second-order valence-corrected chi connectivity index (χ2v) is 4.44. The number of aromatic nitrogens is 1. The number of hydrogen-bond acceptors (Lipinski definition) is 2. The van der Waals surface area contributed by atoms with Gasteiger partial charge in [-0.05, 0) is 56.0 Å². The molecule has 0 aliphatic carbocycles. The van der Waals surface area contributed by atoms with Crippen LogP contribution in [0, 0.1) is 6.92 Å². The number of ether oxygens (including phenoxy) is 1. The minimum absolute atomic E-state index is 0.766. The van der Waals surface area contributed by atoms with E-state index in [9.17, 15) is 0 Å². The zero-order valence-electron chi connectivity index (χ0n) is 10.5. The number of H-pyrrole nitrogens is 1. The molecule has 3 nitrogen and oxygen atoms in total. The second-order valence-electron chi connectivity index (χ2n) is 4.44. The Morgan fingerprint density at radius 2 is 2.12 bits per heavy atom. The molecule has 0 saturated carbocycles. The van der Waals surface area contributed by atoms with E-state index in [1.54, 1.807) is 7.11 Å². The Hall–Kier alpha value is -1.48. The fourth-order valence-corrected chi connectivity index (χ4v) is 2.17. The fourth-order valence-electron chi connectivity index (χ4n) is 2.17. The predicted octanol–water partition coefficient (Wildman–Crippen LogP) is 2.77. The first-order valence-electron chi connectivity index (χ1n) is 6.11. The molecule has 17 heavy (non-hydrogen) atoms. The maximum absolute atomic E-state index is 5.52. The van der Waals surface area contributed by atoms with Crippen molar-refractivity contribution < 1.29 is 4.74 Å². The Morgan fingerprint density at radius 3 is 2.82 bits per heavy atom. The molecule has 1 heterocycles. The molecule has 1 aromatic heterocycles. The third kappa shape index (κ3) is 2.44. The lowest BCUT2D eigenvalue weighted by Crippen LogP contribution is -1.99. The van der Waals surface area contributed by atoms with Crippen LogP contribution in [0.5, 0.6) is 5.75 Å². The molecule has 3 heteroatoms. The number of unbranched alkanes of at least 4 members (excludes halogenated alkanes) is 1. The highest BCUT2D eigenvalue weighted by Gasteiger charge is 2.08. The molecular formula is C14H20N2O. The van der Waals surface area contributed by atoms with Crippen molar-refractivity contribution >= 4 is 10.9 Å². The fraction of sp³-hybridized carbons (Fsp3) is 0.429. The minimum Gasteiger partial charge on any atom is -0.495 e. The molecule has 0 aliphatic rings. The van der Waals surface area contributed by atoms with E-state index < -0.39 is 0 Å². The van der Waals surface area contributed by atoms with Crippen LogP contribution in [0.2, 0.25) is 0 Å². The summed E-state index contributed by atoms with van der Waals surface area (Å²) in [6.07, 6.45) is 5.30. The number of fused-ring (bicyclic) bond motifs is 1. The highest BCUT2D eigenvalue weighted by atomic mass is 16.5. The van der Waals surface area contributed by atoms with Gasteiger partial charge in [-0.25, -0.2) is 0 Å². The zero-order valence-corrected chi connectivity index (χ0v) is 10.5. The number of nitrogens with one attached hydrogen (secondary N) is 1. The van der Waals surface area contributed by atoms with E-state index in [1.165, 1.54) is 16.5 Å². The molecule has 1 aromatic carbocycles. The van der Waals surface area contributed by atoms with E-state index in [-0.39, 0.29) is 0 Å². The maximum atomic E-state index is 5.52. The number of nitrogens with two attached hydrogens (primary N) is 1. The molecule has 0 fully saturated rings. The summed E-state index contributed by atoms with van der Waals surface area (Å²) < 4.78 is 5.43. The molecule has 0 aliphatic heterocycles. The average molecular weight is 232 g/mol. The lowest BCUT2D eigenvalue weighted by atomic mass is 10.0. The first-order chi connectivity index (χ1) is 8.26. The van der Waals surface area contributed by atoms with Crippen LogP contribution in [-0.4, -0.2) is 18.6 Å². The van der Waals surface area contributed by atoms with Crippen molar-refractivity contribution in [2.24, 2.45) is 5.73 Å². The van der Waals surface area contributed by atoms with Crippen LogP contribution in [0.15, 0.2) is 18.3 Å². The highest BCUT2D eigenvalue weighted by molar-refractivity contribution is 5.88. The first kappa shape index (κ1) is 12.0. The number of hydrogen-bond donors (Lipinski definition) is 2. The number of benzene rings is 1. The van der Waals surface area contributed by atoms with Gasteiger partial charge in [-0.1, -0.05) is 0 Å². The highest BCUT2D eigenvalue weighted by Crippen LogP contribution is 2.29. The summed E-state index contributed by atoms with van der Waals surface area (Å²) in [6.45, 7) is 2.88. The van der Waals surface area contributed by atoms with Crippen LogP contribution in [0.25, 0.3) is 10.9 Å². The van der Waals surface area contributed by atoms with Gasteiger partial charge in [0.1, 0.15) is 5.75 Å². The Balaban J connectivity index is 2.33. The number of methoxy groups -OCH3 is 1. The third-order valence-electron chi connectivity index (χ3n) is 3.16. The monoisotopic (exact) mass is 232 g/mol. The standard InChI is InChI=1S/C14H20N2O/c1-10-9-16-14-12(10)7-11(5-3-4-6-15)8-13(14)17-2/h7-9,16H,3-6,15H2,1-2H3. The summed E-state index contributed by atoms with van der Waals surface area (Å²) in [5.74, 6) is 0.929. The van der Waals surface area contributed by atoms with E-state index in [1.807, 2.05) is 6.20 Å². The Bertz CT molecular complexity index is 502. The van der Waals surface area contributed by atoms with Gasteiger partial charge in [-0.15, -0.1) is 0 Å². The summed E-state index contributed by atoms with van der Waals surface area (Å²) in [5.41, 5.74) is 9.20. The van der Waals surface area contributed by atoms with Gasteiger partial charge in [0.2, 0.25) is 0 Å². The Kier molecular flexibility index (Phi) is 3.69. The van der Waals surface area contributed by atoms with Crippen molar-refractivity contribution in [1.82, 2.24) is 4.98 Å². The number of rotatable bonds is 5. The summed E-state index contributed by atoms with van der Waals surface area (Å²) >= 11 is 0. The number of aromatic amines is 1. The van der Waals surface area contributed by atoms with Gasteiger partial charge in [0.05, 0.1) is 12.6 Å². The molecule has 0 unspecified atom stereocenters. The molecule has 0 spiro atoms. The Morgan fingerprint density at radius 1 is 1.29 bits per heavy atom. The second kappa shape index (κ2) is 5.23. The van der Waals surface area contributed by atoms with Crippen molar-refractivity contribution in [3.63, 3.8) is 0 Å². The van der Waals surface area contributed by atoms with Crippen LogP contribution in [0.3, 0.4) is 0 Å². The van der Waals surface area contributed by atoms with Crippen molar-refractivity contribution in [3.05, 3.63) is 29.5 Å². The summed E-state index contributed by atoms with van der Waals surface area (Å²) in [6, 6.07) is 4.37. The van der Waals surface area contributed by atoms with Gasteiger partial charge in [-0.3, -0.25) is 0 Å². The molecule has 2 aromatic rings. The zero-order chi connectivity index (χ0) is 12.3. The van der Waals surface area contributed by atoms with E-state index in [0.29, 0.717) is 0 Å². The summed E-state index contributed by atoms with van der Waals surface area (Å²) in [5, 5.41) is 1.26. The van der Waals surface area contributed by atoms with Crippen molar-refractivity contribution in [2.75, 3.05) is 13.7 Å². The molecule has 0 bridgehead atoms. The SMILES string of the molecule is COc1cc(CCCCN)cc2c(C)c[nH]c12. The van der Waals surface area contributed by atoms with E-state index in [2.05, 4.69) is 24.0 Å². The molecule has 0 atom stereocenters. The maximum Gasteiger partial charge on any atom is 0.143 e. The molecule has 2 rings (SSSR count). The Labute approximate surface area is 102 Å². The topological polar surface area (TPSA) is 51.0 Å². The minimum atomic E-state index is 0.766. The molecule has 0 radical (unpaired) electrons. The van der Waals surface area contributed by atoms with Crippen LogP contribution < -0.4 is 10.5 Å². The lowest BCUT2D eigenvalue weighted by Gasteiger charge is -2.07. The van der Waals surface area contributed by atoms with Gasteiger partial charge in [0, 0.05) is 11.6 Å². The molecule has 0 amide bonds. The molecular weight excluding hydrogens is 212 g/mol. The normalized spacial score (nSPS) is 11.0. The van der Waals surface area contributed by atoms with Crippen molar-refractivity contribution in [2.45, 2.75) is 26.2 Å². The van der Waals surface area contributed by atoms with Gasteiger partial charge < -0.3 is 15.5 Å². The van der Waals surface area contributed by atoms with E-state index >= 15 is 0 Å². The van der Waals surface area contributed by atoms with E-state index in [0.717, 1.165) is 37.1 Å². The van der Waals surface area contributed by atoms with Crippen LogP contribution in [0.4, 0.5) is 0 Å². The van der Waals surface area contributed by atoms with E-state index in [4.69, 9.17) is 10.5 Å².